The molecule has 0 fully saturated rings. The van der Waals surface area contributed by atoms with Crippen LogP contribution in [0.5, 0.6) is 0 Å². The van der Waals surface area contributed by atoms with E-state index >= 15 is 0 Å². The van der Waals surface area contributed by atoms with Crippen molar-refractivity contribution in [3.63, 3.8) is 0 Å². The Bertz CT molecular complexity index is 480. The van der Waals surface area contributed by atoms with E-state index in [1.807, 2.05) is 19.2 Å². The van der Waals surface area contributed by atoms with Crippen LogP contribution in [0.15, 0.2) is 47.1 Å². The Kier molecular flexibility index (Phi) is 3.25. The maximum Gasteiger partial charge on any atom is 0.147 e. The number of hydrogen-bond donors (Lipinski definition) is 0. The largest absolute Gasteiger partial charge is 0.329 e. The van der Waals surface area contributed by atoms with Crippen molar-refractivity contribution in [3.8, 4) is 0 Å². The number of rotatable bonds is 2. The van der Waals surface area contributed by atoms with Gasteiger partial charge in [-0.15, -0.1) is 0 Å². The fraction of sp³-hybridized carbons (Fsp3) is 0.154. The molecule has 82 valence electrons. The topological polar surface area (TPSA) is 16.1 Å². The molecule has 0 aliphatic carbocycles. The molecule has 0 atom stereocenters. The molecule has 2 nitrogen and oxygen atoms in total. The molecule has 0 bridgehead atoms. The van der Waals surface area contributed by atoms with Gasteiger partial charge in [-0.1, -0.05) is 17.7 Å². The van der Waals surface area contributed by atoms with Gasteiger partial charge < -0.3 is 4.90 Å². The smallest absolute Gasteiger partial charge is 0.147 e. The molecular weight excluding hydrogens is 264 g/mol. The average Bonchev–Trinajstić information content (AvgIpc) is 2.30. The molecule has 0 N–H and O–H groups in total. The number of aromatic nitrogens is 1. The summed E-state index contributed by atoms with van der Waals surface area (Å²) in [5.41, 5.74) is 2.39. The van der Waals surface area contributed by atoms with Gasteiger partial charge in [0.2, 0.25) is 0 Å². The SMILES string of the molecule is Cc1ccc(N(C)c2ncccc2Br)cc1. The van der Waals surface area contributed by atoms with Crippen LogP contribution in [-0.2, 0) is 0 Å². The zero-order valence-corrected chi connectivity index (χ0v) is 10.9. The molecule has 0 amide bonds. The van der Waals surface area contributed by atoms with E-state index in [1.165, 1.54) is 5.56 Å². The zero-order chi connectivity index (χ0) is 11.5. The van der Waals surface area contributed by atoms with Crippen LogP contribution in [0.4, 0.5) is 11.5 Å². The quantitative estimate of drug-likeness (QED) is 0.827. The van der Waals surface area contributed by atoms with Crippen molar-refractivity contribution in [3.05, 3.63) is 52.6 Å². The van der Waals surface area contributed by atoms with Crippen LogP contribution < -0.4 is 4.90 Å². The highest BCUT2D eigenvalue weighted by Gasteiger charge is 2.07. The Morgan fingerprint density at radius 3 is 2.44 bits per heavy atom. The van der Waals surface area contributed by atoms with Gasteiger partial charge in [-0.3, -0.25) is 0 Å². The Morgan fingerprint density at radius 2 is 1.81 bits per heavy atom. The minimum absolute atomic E-state index is 0.923. The third-order valence-corrected chi connectivity index (χ3v) is 3.10. The van der Waals surface area contributed by atoms with Crippen LogP contribution in [0, 0.1) is 6.92 Å². The van der Waals surface area contributed by atoms with E-state index in [0.717, 1.165) is 16.0 Å². The van der Waals surface area contributed by atoms with Crippen molar-refractivity contribution in [1.29, 1.82) is 0 Å². The van der Waals surface area contributed by atoms with Crippen LogP contribution in [0.3, 0.4) is 0 Å². The van der Waals surface area contributed by atoms with Crippen molar-refractivity contribution in [1.82, 2.24) is 4.98 Å². The van der Waals surface area contributed by atoms with Gasteiger partial charge in [-0.25, -0.2) is 4.98 Å². The van der Waals surface area contributed by atoms with Gasteiger partial charge in [0.05, 0.1) is 4.47 Å². The monoisotopic (exact) mass is 276 g/mol. The maximum absolute atomic E-state index is 4.36. The van der Waals surface area contributed by atoms with E-state index in [2.05, 4.69) is 57.0 Å². The van der Waals surface area contributed by atoms with E-state index in [4.69, 9.17) is 0 Å². The molecule has 2 rings (SSSR count). The molecule has 1 aromatic heterocycles. The van der Waals surface area contributed by atoms with Crippen LogP contribution in [0.25, 0.3) is 0 Å². The van der Waals surface area contributed by atoms with Crippen molar-refractivity contribution in [2.75, 3.05) is 11.9 Å². The minimum atomic E-state index is 0.923. The summed E-state index contributed by atoms with van der Waals surface area (Å²) < 4.78 is 0.998. The number of anilines is 2. The second kappa shape index (κ2) is 4.66. The average molecular weight is 277 g/mol. The molecule has 0 spiro atoms. The van der Waals surface area contributed by atoms with E-state index < -0.39 is 0 Å². The van der Waals surface area contributed by atoms with Crippen LogP contribution in [0.1, 0.15) is 5.56 Å². The van der Waals surface area contributed by atoms with Crippen molar-refractivity contribution < 1.29 is 0 Å². The second-order valence-corrected chi connectivity index (χ2v) is 4.56. The normalized spacial score (nSPS) is 10.2. The number of nitrogens with zero attached hydrogens (tertiary/aromatic N) is 2. The van der Waals surface area contributed by atoms with Crippen molar-refractivity contribution >= 4 is 27.4 Å². The Labute approximate surface area is 104 Å². The summed E-state index contributed by atoms with van der Waals surface area (Å²) in [4.78, 5) is 6.42. The van der Waals surface area contributed by atoms with Gasteiger partial charge in [0.25, 0.3) is 0 Å². The third kappa shape index (κ3) is 2.25. The minimum Gasteiger partial charge on any atom is -0.329 e. The predicted molar refractivity (Wildman–Crippen MR) is 71.2 cm³/mol. The molecule has 1 aromatic carbocycles. The first-order chi connectivity index (χ1) is 7.68. The molecule has 0 unspecified atom stereocenters. The van der Waals surface area contributed by atoms with E-state index in [9.17, 15) is 0 Å². The first-order valence-corrected chi connectivity index (χ1v) is 5.88. The van der Waals surface area contributed by atoms with Gasteiger partial charge >= 0.3 is 0 Å². The van der Waals surface area contributed by atoms with Gasteiger partial charge in [0.1, 0.15) is 5.82 Å². The first kappa shape index (κ1) is 11.1. The molecule has 16 heavy (non-hydrogen) atoms. The lowest BCUT2D eigenvalue weighted by Gasteiger charge is -2.19. The second-order valence-electron chi connectivity index (χ2n) is 3.70. The van der Waals surface area contributed by atoms with Gasteiger partial charge in [0, 0.05) is 18.9 Å². The predicted octanol–water partition coefficient (Wildman–Crippen LogP) is 3.92. The van der Waals surface area contributed by atoms with E-state index in [-0.39, 0.29) is 0 Å². The van der Waals surface area contributed by atoms with E-state index in [0.29, 0.717) is 0 Å². The third-order valence-electron chi connectivity index (χ3n) is 2.48. The summed E-state index contributed by atoms with van der Waals surface area (Å²) in [6, 6.07) is 12.3. The molecule has 3 heteroatoms. The molecule has 0 saturated carbocycles. The fourth-order valence-corrected chi connectivity index (χ4v) is 2.04. The number of hydrogen-bond acceptors (Lipinski definition) is 2. The summed E-state index contributed by atoms with van der Waals surface area (Å²) in [5.74, 6) is 0.923. The lowest BCUT2D eigenvalue weighted by Crippen LogP contribution is -2.11. The number of pyridine rings is 1. The molecule has 2 aromatic rings. The van der Waals surface area contributed by atoms with Gasteiger partial charge in [-0.2, -0.15) is 0 Å². The number of aryl methyl sites for hydroxylation is 1. The highest BCUT2D eigenvalue weighted by Crippen LogP contribution is 2.28. The lowest BCUT2D eigenvalue weighted by atomic mass is 10.2. The van der Waals surface area contributed by atoms with E-state index in [1.54, 1.807) is 6.20 Å². The number of benzene rings is 1. The molecule has 0 aliphatic rings. The molecular formula is C13H13BrN2. The summed E-state index contributed by atoms with van der Waals surface area (Å²) in [6.45, 7) is 2.08. The van der Waals surface area contributed by atoms with Crippen molar-refractivity contribution in [2.24, 2.45) is 0 Å². The number of halogens is 1. The fourth-order valence-electron chi connectivity index (χ4n) is 1.51. The molecule has 0 radical (unpaired) electrons. The highest BCUT2D eigenvalue weighted by molar-refractivity contribution is 9.10. The summed E-state index contributed by atoms with van der Waals surface area (Å²) in [6.07, 6.45) is 1.80. The Balaban J connectivity index is 2.35. The summed E-state index contributed by atoms with van der Waals surface area (Å²) in [7, 11) is 2.01. The zero-order valence-electron chi connectivity index (χ0n) is 9.31. The van der Waals surface area contributed by atoms with Crippen molar-refractivity contribution in [2.45, 2.75) is 6.92 Å². The van der Waals surface area contributed by atoms with Crippen LogP contribution in [-0.4, -0.2) is 12.0 Å². The van der Waals surface area contributed by atoms with Crippen LogP contribution >= 0.6 is 15.9 Å². The Morgan fingerprint density at radius 1 is 1.12 bits per heavy atom. The molecule has 0 saturated heterocycles. The maximum atomic E-state index is 4.36. The standard InChI is InChI=1S/C13H13BrN2/c1-10-5-7-11(8-6-10)16(2)13-12(14)4-3-9-15-13/h3-9H,1-2H3. The van der Waals surface area contributed by atoms with Gasteiger partial charge in [-0.05, 0) is 47.1 Å². The first-order valence-electron chi connectivity index (χ1n) is 5.09. The lowest BCUT2D eigenvalue weighted by molar-refractivity contribution is 1.11. The summed E-state index contributed by atoms with van der Waals surface area (Å²) >= 11 is 3.50. The van der Waals surface area contributed by atoms with Gasteiger partial charge in [0.15, 0.2) is 0 Å². The Hall–Kier alpha value is -1.35. The molecule has 1 heterocycles. The highest BCUT2D eigenvalue weighted by atomic mass is 79.9. The molecule has 0 aliphatic heterocycles. The summed E-state index contributed by atoms with van der Waals surface area (Å²) in [5, 5.41) is 0. The van der Waals surface area contributed by atoms with Crippen LogP contribution in [0.2, 0.25) is 0 Å².